The Balaban J connectivity index is 2.26. The van der Waals surface area contributed by atoms with Crippen molar-refractivity contribution in [1.82, 2.24) is 4.98 Å². The van der Waals surface area contributed by atoms with E-state index in [2.05, 4.69) is 10.3 Å². The molecule has 104 valence electrons. The van der Waals surface area contributed by atoms with Gasteiger partial charge < -0.3 is 10.5 Å². The van der Waals surface area contributed by atoms with Gasteiger partial charge in [0.2, 0.25) is 0 Å². The number of thiazole rings is 1. The van der Waals surface area contributed by atoms with Crippen molar-refractivity contribution >= 4 is 34.0 Å². The Kier molecular flexibility index (Phi) is 3.99. The van der Waals surface area contributed by atoms with Crippen LogP contribution in [0.3, 0.4) is 0 Å². The average molecular weight is 291 g/mol. The van der Waals surface area contributed by atoms with Gasteiger partial charge in [0.15, 0.2) is 5.13 Å². The summed E-state index contributed by atoms with van der Waals surface area (Å²) in [6.07, 6.45) is 1.66. The summed E-state index contributed by atoms with van der Waals surface area (Å²) >= 11 is 1.36. The van der Waals surface area contributed by atoms with Crippen LogP contribution in [0.15, 0.2) is 24.4 Å². The van der Waals surface area contributed by atoms with E-state index in [4.69, 9.17) is 10.5 Å². The summed E-state index contributed by atoms with van der Waals surface area (Å²) in [6, 6.07) is 4.50. The van der Waals surface area contributed by atoms with Crippen LogP contribution in [0.2, 0.25) is 0 Å². The Morgan fingerprint density at radius 1 is 1.40 bits per heavy atom. The molecule has 1 aromatic carbocycles. The third-order valence-electron chi connectivity index (χ3n) is 2.35. The molecule has 0 radical (unpaired) electrons. The zero-order chi connectivity index (χ0) is 14.7. The fraction of sp³-hybridized carbons (Fsp3) is 0.154. The first kappa shape index (κ1) is 14.0. The number of nitrogens with zero attached hydrogens (tertiary/aromatic N) is 1. The normalized spacial score (nSPS) is 10.1. The van der Waals surface area contributed by atoms with Gasteiger partial charge in [-0.3, -0.25) is 14.9 Å². The van der Waals surface area contributed by atoms with E-state index in [-0.39, 0.29) is 11.3 Å². The number of anilines is 2. The second-order valence-electron chi connectivity index (χ2n) is 4.08. The maximum absolute atomic E-state index is 12.2. The van der Waals surface area contributed by atoms with Crippen LogP contribution >= 0.6 is 11.3 Å². The minimum Gasteiger partial charge on any atom is -0.426 e. The number of hydrogen-bond acceptors (Lipinski definition) is 6. The molecule has 2 aromatic rings. The maximum atomic E-state index is 12.2. The van der Waals surface area contributed by atoms with Gasteiger partial charge in [0.25, 0.3) is 5.91 Å². The van der Waals surface area contributed by atoms with Crippen LogP contribution in [-0.2, 0) is 4.79 Å². The molecule has 0 aliphatic carbocycles. The second-order valence-corrected chi connectivity index (χ2v) is 5.31. The van der Waals surface area contributed by atoms with Crippen molar-refractivity contribution in [2.24, 2.45) is 0 Å². The number of esters is 1. The summed E-state index contributed by atoms with van der Waals surface area (Å²) in [6.45, 7) is 3.15. The smallest absolute Gasteiger partial charge is 0.308 e. The van der Waals surface area contributed by atoms with Crippen molar-refractivity contribution < 1.29 is 14.3 Å². The lowest BCUT2D eigenvalue weighted by atomic mass is 10.1. The van der Waals surface area contributed by atoms with E-state index in [1.54, 1.807) is 12.3 Å². The van der Waals surface area contributed by atoms with Gasteiger partial charge >= 0.3 is 5.97 Å². The lowest BCUT2D eigenvalue weighted by Crippen LogP contribution is -2.15. The summed E-state index contributed by atoms with van der Waals surface area (Å²) in [4.78, 5) is 28.2. The Hall–Kier alpha value is -2.41. The minimum atomic E-state index is -0.519. The van der Waals surface area contributed by atoms with Gasteiger partial charge in [0.1, 0.15) is 5.75 Å². The molecule has 0 unspecified atom stereocenters. The van der Waals surface area contributed by atoms with Crippen molar-refractivity contribution in [3.8, 4) is 5.75 Å². The van der Waals surface area contributed by atoms with Crippen LogP contribution in [0.1, 0.15) is 22.2 Å². The van der Waals surface area contributed by atoms with Crippen LogP contribution < -0.4 is 15.8 Å². The zero-order valence-electron chi connectivity index (χ0n) is 11.0. The predicted octanol–water partition coefficient (Wildman–Crippen LogP) is 2.21. The van der Waals surface area contributed by atoms with Gasteiger partial charge in [-0.25, -0.2) is 4.98 Å². The van der Waals surface area contributed by atoms with E-state index >= 15 is 0 Å². The van der Waals surface area contributed by atoms with E-state index in [0.29, 0.717) is 10.8 Å². The predicted molar refractivity (Wildman–Crippen MR) is 77.0 cm³/mol. The number of nitrogen functional groups attached to an aromatic ring is 1. The van der Waals surface area contributed by atoms with E-state index in [0.717, 1.165) is 4.88 Å². The van der Waals surface area contributed by atoms with Crippen molar-refractivity contribution in [3.63, 3.8) is 0 Å². The number of rotatable bonds is 3. The standard InChI is InChI=1S/C13H13N3O3S/c1-7-6-15-13(20-7)16-12(18)10-4-3-9(14)5-11(10)19-8(2)17/h3-6H,14H2,1-2H3,(H,15,16,18). The summed E-state index contributed by atoms with van der Waals surface area (Å²) in [5.74, 6) is -0.798. The Labute approximate surface area is 119 Å². The zero-order valence-corrected chi connectivity index (χ0v) is 11.8. The number of aryl methyl sites for hydroxylation is 1. The quantitative estimate of drug-likeness (QED) is 0.513. The Morgan fingerprint density at radius 2 is 2.15 bits per heavy atom. The molecule has 0 spiro atoms. The summed E-state index contributed by atoms with van der Waals surface area (Å²) in [7, 11) is 0. The van der Waals surface area contributed by atoms with Crippen molar-refractivity contribution in [1.29, 1.82) is 0 Å². The van der Waals surface area contributed by atoms with E-state index in [9.17, 15) is 9.59 Å². The molecular weight excluding hydrogens is 278 g/mol. The molecule has 6 nitrogen and oxygen atoms in total. The Bertz CT molecular complexity index is 667. The SMILES string of the molecule is CC(=O)Oc1cc(N)ccc1C(=O)Nc1ncc(C)s1. The molecule has 20 heavy (non-hydrogen) atoms. The van der Waals surface area contributed by atoms with Gasteiger partial charge in [0.05, 0.1) is 5.56 Å². The topological polar surface area (TPSA) is 94.3 Å². The lowest BCUT2D eigenvalue weighted by Gasteiger charge is -2.09. The first-order chi connectivity index (χ1) is 9.45. The minimum absolute atomic E-state index is 0.128. The average Bonchev–Trinajstić information content (AvgIpc) is 2.73. The van der Waals surface area contributed by atoms with Crippen LogP contribution in [0.25, 0.3) is 0 Å². The third-order valence-corrected chi connectivity index (χ3v) is 3.17. The fourth-order valence-electron chi connectivity index (χ4n) is 1.54. The lowest BCUT2D eigenvalue weighted by molar-refractivity contribution is -0.131. The monoisotopic (exact) mass is 291 g/mol. The van der Waals surface area contributed by atoms with Gasteiger partial charge in [0, 0.05) is 29.8 Å². The molecule has 0 fully saturated rings. The van der Waals surface area contributed by atoms with Crippen molar-refractivity contribution in [2.45, 2.75) is 13.8 Å². The number of hydrogen-bond donors (Lipinski definition) is 2. The van der Waals surface area contributed by atoms with E-state index in [1.165, 1.54) is 30.4 Å². The number of carbonyl (C=O) groups is 2. The highest BCUT2D eigenvalue weighted by atomic mass is 32.1. The van der Waals surface area contributed by atoms with Crippen molar-refractivity contribution in [3.05, 3.63) is 34.8 Å². The highest BCUT2D eigenvalue weighted by Crippen LogP contribution is 2.24. The first-order valence-electron chi connectivity index (χ1n) is 5.77. The van der Waals surface area contributed by atoms with Crippen molar-refractivity contribution in [2.75, 3.05) is 11.1 Å². The van der Waals surface area contributed by atoms with Crippen LogP contribution in [0.5, 0.6) is 5.75 Å². The second kappa shape index (κ2) is 5.70. The molecule has 3 N–H and O–H groups in total. The van der Waals surface area contributed by atoms with Crippen LogP contribution in [0.4, 0.5) is 10.8 Å². The number of aromatic nitrogens is 1. The van der Waals surface area contributed by atoms with Gasteiger partial charge in [-0.05, 0) is 19.1 Å². The van der Waals surface area contributed by atoms with E-state index < -0.39 is 11.9 Å². The molecule has 0 saturated carbocycles. The Morgan fingerprint density at radius 3 is 2.75 bits per heavy atom. The summed E-state index contributed by atoms with van der Waals surface area (Å²) < 4.78 is 4.99. The molecule has 1 heterocycles. The van der Waals surface area contributed by atoms with Gasteiger partial charge in [-0.15, -0.1) is 11.3 Å². The summed E-state index contributed by atoms with van der Waals surface area (Å²) in [5.41, 5.74) is 6.26. The summed E-state index contributed by atoms with van der Waals surface area (Å²) in [5, 5.41) is 3.13. The van der Waals surface area contributed by atoms with Gasteiger partial charge in [-0.1, -0.05) is 0 Å². The fourth-order valence-corrected chi connectivity index (χ4v) is 2.20. The van der Waals surface area contributed by atoms with Crippen LogP contribution in [-0.4, -0.2) is 16.9 Å². The number of nitrogens with one attached hydrogen (secondary N) is 1. The number of amides is 1. The third kappa shape index (κ3) is 3.33. The number of benzene rings is 1. The number of carbonyl (C=O) groups excluding carboxylic acids is 2. The molecule has 0 saturated heterocycles. The number of nitrogens with two attached hydrogens (primary N) is 1. The first-order valence-corrected chi connectivity index (χ1v) is 6.59. The van der Waals surface area contributed by atoms with Gasteiger partial charge in [-0.2, -0.15) is 0 Å². The van der Waals surface area contributed by atoms with Crippen LogP contribution in [0, 0.1) is 6.92 Å². The maximum Gasteiger partial charge on any atom is 0.308 e. The molecule has 1 amide bonds. The molecule has 0 atom stereocenters. The molecule has 7 heteroatoms. The molecule has 0 aliphatic heterocycles. The molecule has 1 aromatic heterocycles. The molecule has 2 rings (SSSR count). The highest BCUT2D eigenvalue weighted by molar-refractivity contribution is 7.15. The molecular formula is C13H13N3O3S. The largest absolute Gasteiger partial charge is 0.426 e. The molecule has 0 aliphatic rings. The number of ether oxygens (including phenoxy) is 1. The molecule has 0 bridgehead atoms. The van der Waals surface area contributed by atoms with E-state index in [1.807, 2.05) is 6.92 Å². The highest BCUT2D eigenvalue weighted by Gasteiger charge is 2.15.